The van der Waals surface area contributed by atoms with Gasteiger partial charge in [0.05, 0.1) is 34.3 Å². The van der Waals surface area contributed by atoms with Crippen molar-refractivity contribution in [2.45, 2.75) is 24.3 Å². The third kappa shape index (κ3) is 4.83. The molecule has 9 nitrogen and oxygen atoms in total. The van der Waals surface area contributed by atoms with Crippen LogP contribution in [0.3, 0.4) is 0 Å². The molecule has 31 heavy (non-hydrogen) atoms. The fourth-order valence-electron chi connectivity index (χ4n) is 3.64. The summed E-state index contributed by atoms with van der Waals surface area (Å²) in [6, 6.07) is 4.51. The minimum Gasteiger partial charge on any atom is -0.505 e. The van der Waals surface area contributed by atoms with Crippen LogP contribution in [0.25, 0.3) is 0 Å². The molecule has 164 valence electrons. The minimum atomic E-state index is -0.378. The summed E-state index contributed by atoms with van der Waals surface area (Å²) >= 11 is 12.5. The molecule has 1 amide bonds. The summed E-state index contributed by atoms with van der Waals surface area (Å²) in [6.45, 7) is 1.05. The highest BCUT2D eigenvalue weighted by Gasteiger charge is 2.31. The molecule has 1 aromatic rings. The molecule has 2 unspecified atom stereocenters. The second-order valence-corrected chi connectivity index (χ2v) is 8.22. The van der Waals surface area contributed by atoms with Crippen LogP contribution in [0, 0.1) is 16.2 Å². The van der Waals surface area contributed by atoms with Crippen LogP contribution in [0.15, 0.2) is 41.3 Å². The predicted octanol–water partition coefficient (Wildman–Crippen LogP) is 2.81. The third-order valence-corrected chi connectivity index (χ3v) is 5.82. The number of amidine groups is 1. The van der Waals surface area contributed by atoms with Crippen molar-refractivity contribution in [2.24, 2.45) is 5.73 Å². The van der Waals surface area contributed by atoms with Crippen LogP contribution < -0.4 is 16.0 Å². The van der Waals surface area contributed by atoms with Crippen LogP contribution in [0.5, 0.6) is 0 Å². The number of likely N-dealkylation sites (tertiary alicyclic amines) is 1. The summed E-state index contributed by atoms with van der Waals surface area (Å²) in [5, 5.41) is 35.5. The molecule has 11 heteroatoms. The Hall–Kier alpha value is -3.04. The SMILES string of the molecule is N=CN(C=N)c1ccc(C(=O)NC2CCN(C3=CC(Cl)CC(C(=N)N)=C3O)C2)c(Cl)c1. The first-order valence-electron chi connectivity index (χ1n) is 9.52. The van der Waals surface area contributed by atoms with Gasteiger partial charge in [0.15, 0.2) is 0 Å². The number of nitrogens with two attached hydrogens (primary N) is 1. The number of nitrogens with one attached hydrogen (secondary N) is 4. The number of amides is 1. The van der Waals surface area contributed by atoms with Crippen LogP contribution >= 0.6 is 23.2 Å². The zero-order valence-electron chi connectivity index (χ0n) is 16.5. The highest BCUT2D eigenvalue weighted by Crippen LogP contribution is 2.31. The number of rotatable bonds is 7. The monoisotopic (exact) mass is 463 g/mol. The quantitative estimate of drug-likeness (QED) is 0.208. The van der Waals surface area contributed by atoms with E-state index in [1.54, 1.807) is 18.2 Å². The van der Waals surface area contributed by atoms with Gasteiger partial charge in [0.1, 0.15) is 11.6 Å². The van der Waals surface area contributed by atoms with Crippen molar-refractivity contribution < 1.29 is 9.90 Å². The average Bonchev–Trinajstić information content (AvgIpc) is 3.18. The van der Waals surface area contributed by atoms with Crippen molar-refractivity contribution in [3.8, 4) is 0 Å². The van der Waals surface area contributed by atoms with Gasteiger partial charge in [-0.15, -0.1) is 11.6 Å². The van der Waals surface area contributed by atoms with Gasteiger partial charge in [0, 0.05) is 30.4 Å². The van der Waals surface area contributed by atoms with Gasteiger partial charge in [0.25, 0.3) is 5.91 Å². The van der Waals surface area contributed by atoms with E-state index >= 15 is 0 Å². The van der Waals surface area contributed by atoms with E-state index in [1.165, 1.54) is 11.0 Å². The van der Waals surface area contributed by atoms with Crippen LogP contribution in [0.4, 0.5) is 5.69 Å². The average molecular weight is 464 g/mol. The molecular formula is C20H23Cl2N7O2. The van der Waals surface area contributed by atoms with E-state index in [4.69, 9.17) is 45.2 Å². The number of benzene rings is 1. The largest absolute Gasteiger partial charge is 0.505 e. The van der Waals surface area contributed by atoms with Gasteiger partial charge in [0.2, 0.25) is 0 Å². The first-order valence-corrected chi connectivity index (χ1v) is 10.3. The highest BCUT2D eigenvalue weighted by molar-refractivity contribution is 6.34. The van der Waals surface area contributed by atoms with Crippen LogP contribution in [0.1, 0.15) is 23.2 Å². The lowest BCUT2D eigenvalue weighted by Gasteiger charge is -2.27. The van der Waals surface area contributed by atoms with E-state index in [1.807, 2.05) is 4.90 Å². The maximum absolute atomic E-state index is 12.7. The number of hydrogen-bond acceptors (Lipinski definition) is 6. The normalized spacial score (nSPS) is 20.8. The van der Waals surface area contributed by atoms with Crippen molar-refractivity contribution in [1.29, 1.82) is 16.2 Å². The van der Waals surface area contributed by atoms with E-state index < -0.39 is 0 Å². The van der Waals surface area contributed by atoms with E-state index in [9.17, 15) is 9.90 Å². The molecule has 1 aromatic carbocycles. The zero-order valence-corrected chi connectivity index (χ0v) is 18.0. The van der Waals surface area contributed by atoms with Crippen molar-refractivity contribution >= 4 is 53.3 Å². The van der Waals surface area contributed by atoms with E-state index in [-0.39, 0.29) is 39.5 Å². The Labute approximate surface area is 189 Å². The maximum atomic E-state index is 12.7. The summed E-state index contributed by atoms with van der Waals surface area (Å²) < 4.78 is 0. The summed E-state index contributed by atoms with van der Waals surface area (Å²) in [5.74, 6) is -0.589. The number of halogens is 2. The second kappa shape index (κ2) is 9.40. The molecule has 1 saturated heterocycles. The standard InChI is InChI=1S/C20H23Cl2N7O2/c21-11-5-15(19(25)26)18(30)17(6-11)28-4-3-12(8-28)27-20(31)14-2-1-13(7-16(14)22)29(9-23)10-24/h1-2,6-7,9-12,23-24,30H,3-5,8H2,(H3,25,26)(H,27,31). The summed E-state index contributed by atoms with van der Waals surface area (Å²) in [5.41, 5.74) is 7.20. The molecule has 1 aliphatic carbocycles. The van der Waals surface area contributed by atoms with Gasteiger partial charge in [-0.3, -0.25) is 25.9 Å². The van der Waals surface area contributed by atoms with Crippen molar-refractivity contribution in [2.75, 3.05) is 18.0 Å². The smallest absolute Gasteiger partial charge is 0.253 e. The molecule has 1 aliphatic heterocycles. The minimum absolute atomic E-state index is 0.0445. The molecule has 2 aliphatic rings. The van der Waals surface area contributed by atoms with Crippen LogP contribution in [0.2, 0.25) is 5.02 Å². The fourth-order valence-corrected chi connectivity index (χ4v) is 4.18. The van der Waals surface area contributed by atoms with Gasteiger partial charge in [-0.2, -0.15) is 0 Å². The molecule has 3 rings (SSSR count). The number of alkyl halides is 1. The fraction of sp³-hybridized carbons (Fsp3) is 0.300. The molecule has 0 bridgehead atoms. The Kier molecular flexibility index (Phi) is 6.87. The predicted molar refractivity (Wildman–Crippen MR) is 123 cm³/mol. The number of aliphatic hydroxyl groups excluding tert-OH is 1. The lowest BCUT2D eigenvalue weighted by molar-refractivity contribution is 0.0938. The number of anilines is 1. The number of carbonyl (C=O) groups is 1. The molecule has 0 spiro atoms. The molecule has 1 heterocycles. The first-order chi connectivity index (χ1) is 14.7. The molecule has 0 radical (unpaired) electrons. The van der Waals surface area contributed by atoms with Crippen molar-refractivity contribution in [1.82, 2.24) is 10.2 Å². The molecule has 7 N–H and O–H groups in total. The first kappa shape index (κ1) is 22.6. The van der Waals surface area contributed by atoms with Gasteiger partial charge in [-0.1, -0.05) is 11.6 Å². The number of allylic oxidation sites excluding steroid dienone is 1. The summed E-state index contributed by atoms with van der Waals surface area (Å²) in [4.78, 5) is 15.9. The molecule has 0 aromatic heterocycles. The van der Waals surface area contributed by atoms with Gasteiger partial charge in [-0.25, -0.2) is 0 Å². The van der Waals surface area contributed by atoms with Crippen LogP contribution in [-0.4, -0.2) is 58.9 Å². The topological polar surface area (TPSA) is 153 Å². The Morgan fingerprint density at radius 2 is 2.06 bits per heavy atom. The third-order valence-electron chi connectivity index (χ3n) is 5.23. The summed E-state index contributed by atoms with van der Waals surface area (Å²) in [6.07, 6.45) is 4.63. The maximum Gasteiger partial charge on any atom is 0.253 e. The van der Waals surface area contributed by atoms with Crippen molar-refractivity contribution in [3.05, 3.63) is 51.9 Å². The van der Waals surface area contributed by atoms with Crippen molar-refractivity contribution in [3.63, 3.8) is 0 Å². The Morgan fingerprint density at radius 1 is 1.35 bits per heavy atom. The lowest BCUT2D eigenvalue weighted by Crippen LogP contribution is -2.37. The van der Waals surface area contributed by atoms with E-state index in [2.05, 4.69) is 5.32 Å². The second-order valence-electron chi connectivity index (χ2n) is 7.25. The molecular weight excluding hydrogens is 441 g/mol. The van der Waals surface area contributed by atoms with Gasteiger partial charge < -0.3 is 21.1 Å². The number of hydrogen-bond donors (Lipinski definition) is 6. The molecule has 2 atom stereocenters. The van der Waals surface area contributed by atoms with Crippen LogP contribution in [-0.2, 0) is 0 Å². The summed E-state index contributed by atoms with van der Waals surface area (Å²) in [7, 11) is 0. The van der Waals surface area contributed by atoms with Gasteiger partial charge >= 0.3 is 0 Å². The Morgan fingerprint density at radius 3 is 2.68 bits per heavy atom. The molecule has 0 saturated carbocycles. The van der Waals surface area contributed by atoms with Gasteiger partial charge in [-0.05, 0) is 37.1 Å². The number of nitrogens with zero attached hydrogens (tertiary/aromatic N) is 2. The number of carbonyl (C=O) groups excluding carboxylic acids is 1. The molecule has 1 fully saturated rings. The Bertz CT molecular complexity index is 984. The number of aliphatic hydroxyl groups is 1. The van der Waals surface area contributed by atoms with E-state index in [0.717, 1.165) is 12.7 Å². The lowest BCUT2D eigenvalue weighted by atomic mass is 9.99. The Balaban J connectivity index is 1.69. The highest BCUT2D eigenvalue weighted by atomic mass is 35.5. The zero-order chi connectivity index (χ0) is 22.7. The van der Waals surface area contributed by atoms with E-state index in [0.29, 0.717) is 42.9 Å².